The maximum atomic E-state index is 13.9. The fraction of sp³-hybridized carbons (Fsp3) is 0.143. The van der Waals surface area contributed by atoms with Crippen molar-refractivity contribution in [3.63, 3.8) is 0 Å². The average molecular weight is 347 g/mol. The average Bonchev–Trinajstić information content (AvgIpc) is 2.41. The van der Waals surface area contributed by atoms with Crippen molar-refractivity contribution in [2.45, 2.75) is 12.7 Å². The second-order valence-electron chi connectivity index (χ2n) is 4.00. The maximum absolute atomic E-state index is 13.9. The zero-order valence-electron chi connectivity index (χ0n) is 10.1. The van der Waals surface area contributed by atoms with Gasteiger partial charge in [0, 0.05) is 5.56 Å². The van der Waals surface area contributed by atoms with Gasteiger partial charge < -0.3 is 9.84 Å². The molecule has 1 atom stereocenters. The molecule has 0 bridgehead atoms. The number of aliphatic hydroxyl groups excluding tert-OH is 1. The number of alkyl halides is 2. The number of halogens is 4. The Bertz CT molecular complexity index is 605. The van der Waals surface area contributed by atoms with Crippen LogP contribution in [0.25, 0.3) is 0 Å². The number of rotatable bonds is 4. The smallest absolute Gasteiger partial charge is 0.387 e. The number of hydrogen-bond acceptors (Lipinski definition) is 2. The first-order valence-electron chi connectivity index (χ1n) is 5.66. The molecule has 106 valence electrons. The van der Waals surface area contributed by atoms with Crippen LogP contribution in [0, 0.1) is 5.82 Å². The summed E-state index contributed by atoms with van der Waals surface area (Å²) in [6.45, 7) is -2.95. The van der Waals surface area contributed by atoms with E-state index in [9.17, 15) is 18.3 Å². The number of aliphatic hydroxyl groups is 1. The van der Waals surface area contributed by atoms with Crippen LogP contribution in [0.15, 0.2) is 46.9 Å². The van der Waals surface area contributed by atoms with Crippen LogP contribution in [-0.2, 0) is 0 Å². The van der Waals surface area contributed by atoms with Gasteiger partial charge >= 0.3 is 6.61 Å². The van der Waals surface area contributed by atoms with E-state index in [0.717, 1.165) is 0 Å². The van der Waals surface area contributed by atoms with E-state index >= 15 is 0 Å². The molecule has 1 unspecified atom stereocenters. The summed E-state index contributed by atoms with van der Waals surface area (Å²) >= 11 is 3.02. The highest BCUT2D eigenvalue weighted by Gasteiger charge is 2.17. The lowest BCUT2D eigenvalue weighted by atomic mass is 10.0. The van der Waals surface area contributed by atoms with Gasteiger partial charge in [0.15, 0.2) is 0 Å². The lowest BCUT2D eigenvalue weighted by Crippen LogP contribution is -2.05. The Morgan fingerprint density at radius 2 is 1.80 bits per heavy atom. The molecule has 0 spiro atoms. The van der Waals surface area contributed by atoms with Gasteiger partial charge in [-0.05, 0) is 39.7 Å². The van der Waals surface area contributed by atoms with Crippen LogP contribution in [0.3, 0.4) is 0 Å². The van der Waals surface area contributed by atoms with Gasteiger partial charge in [0.05, 0.1) is 4.47 Å². The van der Waals surface area contributed by atoms with Crippen LogP contribution in [-0.4, -0.2) is 11.7 Å². The molecule has 1 N–H and O–H groups in total. The van der Waals surface area contributed by atoms with Crippen LogP contribution >= 0.6 is 15.9 Å². The Morgan fingerprint density at radius 1 is 1.10 bits per heavy atom. The Balaban J connectivity index is 2.33. The molecule has 2 nitrogen and oxygen atoms in total. The summed E-state index contributed by atoms with van der Waals surface area (Å²) in [4.78, 5) is 0. The molecule has 0 aromatic heterocycles. The van der Waals surface area contributed by atoms with Crippen molar-refractivity contribution in [2.24, 2.45) is 0 Å². The lowest BCUT2D eigenvalue weighted by molar-refractivity contribution is -0.0499. The van der Waals surface area contributed by atoms with Gasteiger partial charge in [-0.1, -0.05) is 24.3 Å². The van der Waals surface area contributed by atoms with Crippen LogP contribution in [0.5, 0.6) is 5.75 Å². The second kappa shape index (κ2) is 6.28. The molecule has 0 aliphatic heterocycles. The summed E-state index contributed by atoms with van der Waals surface area (Å²) in [6.07, 6.45) is -1.27. The first-order valence-corrected chi connectivity index (χ1v) is 6.45. The zero-order valence-corrected chi connectivity index (χ0v) is 11.6. The molecule has 0 fully saturated rings. The molecule has 0 amide bonds. The molecule has 0 radical (unpaired) electrons. The summed E-state index contributed by atoms with van der Waals surface area (Å²) in [7, 11) is 0. The highest BCUT2D eigenvalue weighted by molar-refractivity contribution is 9.10. The standard InChI is InChI=1S/C14H10BrF3O2/c15-11-6-2-5-10(12(11)16)13(19)8-3-1-4-9(7-8)20-14(17)18/h1-7,13-14,19H. The van der Waals surface area contributed by atoms with Crippen LogP contribution < -0.4 is 4.74 Å². The van der Waals surface area contributed by atoms with E-state index in [2.05, 4.69) is 20.7 Å². The predicted octanol–water partition coefficient (Wildman–Crippen LogP) is 4.27. The summed E-state index contributed by atoms with van der Waals surface area (Å²) in [6, 6.07) is 10.0. The number of ether oxygens (including phenoxy) is 1. The minimum absolute atomic E-state index is 0.0496. The minimum Gasteiger partial charge on any atom is -0.435 e. The predicted molar refractivity (Wildman–Crippen MR) is 71.2 cm³/mol. The third-order valence-corrected chi connectivity index (χ3v) is 3.29. The SMILES string of the molecule is OC(c1cccc(OC(F)F)c1)c1cccc(Br)c1F. The van der Waals surface area contributed by atoms with Gasteiger partial charge in [-0.3, -0.25) is 0 Å². The van der Waals surface area contributed by atoms with E-state index in [1.807, 2.05) is 0 Å². The molecule has 0 saturated carbocycles. The maximum Gasteiger partial charge on any atom is 0.387 e. The van der Waals surface area contributed by atoms with Crippen molar-refractivity contribution in [3.05, 3.63) is 63.9 Å². The highest BCUT2D eigenvalue weighted by Crippen LogP contribution is 2.30. The Morgan fingerprint density at radius 3 is 2.50 bits per heavy atom. The Kier molecular flexibility index (Phi) is 4.67. The minimum atomic E-state index is -2.95. The van der Waals surface area contributed by atoms with Crippen molar-refractivity contribution in [2.75, 3.05) is 0 Å². The Hall–Kier alpha value is -1.53. The topological polar surface area (TPSA) is 29.5 Å². The normalized spacial score (nSPS) is 12.5. The van der Waals surface area contributed by atoms with Crippen LogP contribution in [0.4, 0.5) is 13.2 Å². The molecule has 0 aliphatic rings. The molecule has 0 saturated heterocycles. The first-order chi connectivity index (χ1) is 9.49. The molecule has 20 heavy (non-hydrogen) atoms. The van der Waals surface area contributed by atoms with E-state index < -0.39 is 18.5 Å². The van der Waals surface area contributed by atoms with Crippen LogP contribution in [0.2, 0.25) is 0 Å². The number of hydrogen-bond donors (Lipinski definition) is 1. The number of benzene rings is 2. The summed E-state index contributed by atoms with van der Waals surface area (Å²) in [5.74, 6) is -0.688. The van der Waals surface area contributed by atoms with Crippen molar-refractivity contribution >= 4 is 15.9 Å². The van der Waals surface area contributed by atoms with Crippen molar-refractivity contribution < 1.29 is 23.0 Å². The van der Waals surface area contributed by atoms with Crippen molar-refractivity contribution in [1.29, 1.82) is 0 Å². The summed E-state index contributed by atoms with van der Waals surface area (Å²) in [5.41, 5.74) is 0.314. The Labute approximate surface area is 121 Å². The van der Waals surface area contributed by atoms with Gasteiger partial charge in [0.25, 0.3) is 0 Å². The van der Waals surface area contributed by atoms with E-state index in [-0.39, 0.29) is 21.3 Å². The fourth-order valence-corrected chi connectivity index (χ4v) is 2.15. The summed E-state index contributed by atoms with van der Waals surface area (Å²) < 4.78 is 42.6. The van der Waals surface area contributed by atoms with E-state index in [0.29, 0.717) is 0 Å². The van der Waals surface area contributed by atoms with E-state index in [1.54, 1.807) is 6.07 Å². The van der Waals surface area contributed by atoms with E-state index in [1.165, 1.54) is 36.4 Å². The van der Waals surface area contributed by atoms with Gasteiger partial charge in [0.1, 0.15) is 17.7 Å². The van der Waals surface area contributed by atoms with Crippen molar-refractivity contribution in [1.82, 2.24) is 0 Å². The fourth-order valence-electron chi connectivity index (χ4n) is 1.77. The van der Waals surface area contributed by atoms with Gasteiger partial charge in [-0.2, -0.15) is 8.78 Å². The first kappa shape index (κ1) is 14.9. The molecule has 0 heterocycles. The lowest BCUT2D eigenvalue weighted by Gasteiger charge is -2.14. The van der Waals surface area contributed by atoms with Gasteiger partial charge in [-0.25, -0.2) is 4.39 Å². The quantitative estimate of drug-likeness (QED) is 0.895. The molecule has 6 heteroatoms. The van der Waals surface area contributed by atoms with Crippen LogP contribution in [0.1, 0.15) is 17.2 Å². The molecule has 0 aliphatic carbocycles. The van der Waals surface area contributed by atoms with Gasteiger partial charge in [0.2, 0.25) is 0 Å². The molecular formula is C14H10BrF3O2. The van der Waals surface area contributed by atoms with Gasteiger partial charge in [-0.15, -0.1) is 0 Å². The molecule has 2 aromatic carbocycles. The highest BCUT2D eigenvalue weighted by atomic mass is 79.9. The second-order valence-corrected chi connectivity index (χ2v) is 4.85. The third kappa shape index (κ3) is 3.32. The molecule has 2 aromatic rings. The van der Waals surface area contributed by atoms with Crippen molar-refractivity contribution in [3.8, 4) is 5.75 Å². The monoisotopic (exact) mass is 346 g/mol. The third-order valence-electron chi connectivity index (χ3n) is 2.68. The molecular weight excluding hydrogens is 337 g/mol. The molecule has 2 rings (SSSR count). The zero-order chi connectivity index (χ0) is 14.7. The van der Waals surface area contributed by atoms with E-state index in [4.69, 9.17) is 0 Å². The largest absolute Gasteiger partial charge is 0.435 e. The summed E-state index contributed by atoms with van der Waals surface area (Å²) in [5, 5.41) is 10.2.